The summed E-state index contributed by atoms with van der Waals surface area (Å²) >= 11 is 0. The normalized spacial score (nSPS) is 15.2. The summed E-state index contributed by atoms with van der Waals surface area (Å²) in [6, 6.07) is 9.44. The molecular formula is C27H25F2N5O3. The van der Waals surface area contributed by atoms with Crippen LogP contribution < -0.4 is 5.32 Å². The summed E-state index contributed by atoms with van der Waals surface area (Å²) in [5, 5.41) is 23.1. The number of benzene rings is 1. The standard InChI is InChI=1S/C27H25F2N5O3/c1-34(2)27(35)17-11-21(29)25(32-14-17)23-12-22-26(37-23)19(3-6-31-22)15-9-16(13-30)24(20(28)10-15)33-18-4-7-36-8-5-18/h3,6,9-12,14,18,27,33,35H,4-5,7-8H2,1-2H3. The van der Waals surface area contributed by atoms with E-state index in [1.54, 1.807) is 32.3 Å². The Labute approximate surface area is 212 Å². The number of nitriles is 1. The number of hydrogen-bond donors (Lipinski definition) is 2. The first-order valence-corrected chi connectivity index (χ1v) is 11.8. The van der Waals surface area contributed by atoms with E-state index in [1.807, 2.05) is 0 Å². The Kier molecular flexibility index (Phi) is 6.84. The molecule has 1 unspecified atom stereocenters. The van der Waals surface area contributed by atoms with Crippen LogP contribution in [0.4, 0.5) is 14.5 Å². The van der Waals surface area contributed by atoms with Crippen LogP contribution in [0.25, 0.3) is 33.7 Å². The summed E-state index contributed by atoms with van der Waals surface area (Å²) in [7, 11) is 3.33. The van der Waals surface area contributed by atoms with Crippen LogP contribution in [0.5, 0.6) is 0 Å². The van der Waals surface area contributed by atoms with Crippen molar-refractivity contribution >= 4 is 16.8 Å². The third kappa shape index (κ3) is 4.89. The molecule has 10 heteroatoms. The van der Waals surface area contributed by atoms with Crippen molar-refractivity contribution in [1.29, 1.82) is 5.26 Å². The number of hydrogen-bond acceptors (Lipinski definition) is 8. The number of nitrogens with one attached hydrogen (secondary N) is 1. The largest absolute Gasteiger partial charge is 0.452 e. The van der Waals surface area contributed by atoms with Crippen molar-refractivity contribution < 1.29 is 23.0 Å². The lowest BCUT2D eigenvalue weighted by Gasteiger charge is -2.25. The molecule has 190 valence electrons. The Morgan fingerprint density at radius 1 is 1.14 bits per heavy atom. The van der Waals surface area contributed by atoms with Crippen LogP contribution in [0, 0.1) is 23.0 Å². The van der Waals surface area contributed by atoms with E-state index in [2.05, 4.69) is 21.4 Å². The van der Waals surface area contributed by atoms with Crippen LogP contribution in [0.2, 0.25) is 0 Å². The smallest absolute Gasteiger partial charge is 0.161 e. The van der Waals surface area contributed by atoms with E-state index in [9.17, 15) is 14.8 Å². The fourth-order valence-corrected chi connectivity index (χ4v) is 4.40. The summed E-state index contributed by atoms with van der Waals surface area (Å²) in [4.78, 5) is 9.97. The van der Waals surface area contributed by atoms with Crippen LogP contribution in [-0.2, 0) is 4.74 Å². The second-order valence-corrected chi connectivity index (χ2v) is 9.14. The average Bonchev–Trinajstić information content (AvgIpc) is 3.34. The molecule has 4 aromatic rings. The minimum absolute atomic E-state index is 0.0223. The Morgan fingerprint density at radius 3 is 2.62 bits per heavy atom. The third-order valence-electron chi connectivity index (χ3n) is 6.39. The molecule has 1 atom stereocenters. The third-order valence-corrected chi connectivity index (χ3v) is 6.39. The minimum Gasteiger partial charge on any atom is -0.452 e. The topological polar surface area (TPSA) is 107 Å². The number of aromatic nitrogens is 2. The number of ether oxygens (including phenoxy) is 1. The molecule has 0 amide bonds. The lowest BCUT2D eigenvalue weighted by atomic mass is 10.0. The molecule has 0 bridgehead atoms. The van der Waals surface area contributed by atoms with Gasteiger partial charge >= 0.3 is 0 Å². The number of fused-ring (bicyclic) bond motifs is 1. The monoisotopic (exact) mass is 505 g/mol. The zero-order chi connectivity index (χ0) is 26.1. The zero-order valence-electron chi connectivity index (χ0n) is 20.3. The molecule has 3 aromatic heterocycles. The van der Waals surface area contributed by atoms with E-state index in [1.165, 1.54) is 29.4 Å². The van der Waals surface area contributed by atoms with Gasteiger partial charge in [-0.3, -0.25) is 9.88 Å². The predicted octanol–water partition coefficient (Wildman–Crippen LogP) is 4.85. The maximum absolute atomic E-state index is 15.2. The fraction of sp³-hybridized carbons (Fsp3) is 0.296. The van der Waals surface area contributed by atoms with Gasteiger partial charge in [-0.2, -0.15) is 5.26 Å². The highest BCUT2D eigenvalue weighted by molar-refractivity contribution is 5.93. The summed E-state index contributed by atoms with van der Waals surface area (Å²) < 4.78 is 41.5. The number of halogens is 2. The van der Waals surface area contributed by atoms with Crippen molar-refractivity contribution in [3.63, 3.8) is 0 Å². The molecule has 2 N–H and O–H groups in total. The SMILES string of the molecule is CN(C)C(O)c1cnc(-c2cc3nccc(-c4cc(F)c(NC5CCOCC5)c(C#N)c4)c3o2)c(F)c1. The second-order valence-electron chi connectivity index (χ2n) is 9.14. The van der Waals surface area contributed by atoms with E-state index < -0.39 is 17.9 Å². The molecular weight excluding hydrogens is 480 g/mol. The second kappa shape index (κ2) is 10.2. The molecule has 37 heavy (non-hydrogen) atoms. The highest BCUT2D eigenvalue weighted by Gasteiger charge is 2.22. The van der Waals surface area contributed by atoms with Crippen molar-refractivity contribution in [3.05, 3.63) is 65.5 Å². The van der Waals surface area contributed by atoms with Crippen molar-refractivity contribution in [2.75, 3.05) is 32.6 Å². The van der Waals surface area contributed by atoms with Gasteiger partial charge in [0.1, 0.15) is 29.3 Å². The lowest BCUT2D eigenvalue weighted by molar-refractivity contribution is 0.0390. The summed E-state index contributed by atoms with van der Waals surface area (Å²) in [5.74, 6) is -1.09. The van der Waals surface area contributed by atoms with Gasteiger partial charge in [-0.1, -0.05) is 0 Å². The molecule has 0 aliphatic carbocycles. The number of nitrogens with zero attached hydrogens (tertiary/aromatic N) is 4. The van der Waals surface area contributed by atoms with Gasteiger partial charge in [-0.05, 0) is 56.8 Å². The van der Waals surface area contributed by atoms with Gasteiger partial charge in [0.15, 0.2) is 17.2 Å². The summed E-state index contributed by atoms with van der Waals surface area (Å²) in [6.45, 7) is 1.17. The van der Waals surface area contributed by atoms with Gasteiger partial charge in [0.05, 0.1) is 11.3 Å². The van der Waals surface area contributed by atoms with Crippen LogP contribution in [-0.4, -0.2) is 53.3 Å². The van der Waals surface area contributed by atoms with E-state index in [-0.39, 0.29) is 28.7 Å². The average molecular weight is 506 g/mol. The molecule has 1 saturated heterocycles. The molecule has 8 nitrogen and oxygen atoms in total. The Bertz CT molecular complexity index is 1490. The maximum Gasteiger partial charge on any atom is 0.161 e. The Balaban J connectivity index is 1.52. The highest BCUT2D eigenvalue weighted by atomic mass is 19.1. The van der Waals surface area contributed by atoms with Crippen LogP contribution >= 0.6 is 0 Å². The molecule has 1 aromatic carbocycles. The van der Waals surface area contributed by atoms with Gasteiger partial charge in [-0.15, -0.1) is 0 Å². The molecule has 5 rings (SSSR count). The van der Waals surface area contributed by atoms with Gasteiger partial charge in [0.2, 0.25) is 0 Å². The summed E-state index contributed by atoms with van der Waals surface area (Å²) in [6.07, 6.45) is 3.37. The number of aliphatic hydroxyl groups is 1. The van der Waals surface area contributed by atoms with Gasteiger partial charge < -0.3 is 19.6 Å². The number of rotatable bonds is 6. The molecule has 1 aliphatic rings. The Morgan fingerprint density at radius 2 is 1.92 bits per heavy atom. The van der Waals surface area contributed by atoms with Gasteiger partial charge in [-0.25, -0.2) is 13.8 Å². The molecule has 1 fully saturated rings. The first-order valence-electron chi connectivity index (χ1n) is 11.8. The van der Waals surface area contributed by atoms with Gasteiger partial charge in [0, 0.05) is 48.8 Å². The van der Waals surface area contributed by atoms with Crippen molar-refractivity contribution in [2.24, 2.45) is 0 Å². The molecule has 4 heterocycles. The van der Waals surface area contributed by atoms with Crippen LogP contribution in [0.15, 0.2) is 47.1 Å². The van der Waals surface area contributed by atoms with E-state index in [0.717, 1.165) is 12.8 Å². The zero-order valence-corrected chi connectivity index (χ0v) is 20.3. The van der Waals surface area contributed by atoms with Crippen LogP contribution in [0.3, 0.4) is 0 Å². The fourth-order valence-electron chi connectivity index (χ4n) is 4.40. The lowest BCUT2D eigenvalue weighted by Crippen LogP contribution is -2.28. The predicted molar refractivity (Wildman–Crippen MR) is 133 cm³/mol. The summed E-state index contributed by atoms with van der Waals surface area (Å²) in [5.41, 5.74) is 2.26. The quantitative estimate of drug-likeness (QED) is 0.358. The van der Waals surface area contributed by atoms with Gasteiger partial charge in [0.25, 0.3) is 0 Å². The molecule has 0 saturated carbocycles. The van der Waals surface area contributed by atoms with E-state index >= 15 is 4.39 Å². The number of aliphatic hydroxyl groups excluding tert-OH is 1. The van der Waals surface area contributed by atoms with Crippen LogP contribution in [0.1, 0.15) is 30.2 Å². The molecule has 0 spiro atoms. The van der Waals surface area contributed by atoms with E-state index in [0.29, 0.717) is 41.0 Å². The maximum atomic E-state index is 15.2. The number of pyridine rings is 2. The first-order chi connectivity index (χ1) is 17.9. The van der Waals surface area contributed by atoms with Crippen molar-refractivity contribution in [1.82, 2.24) is 14.9 Å². The van der Waals surface area contributed by atoms with Crippen molar-refractivity contribution in [2.45, 2.75) is 25.1 Å². The first kappa shape index (κ1) is 24.8. The highest BCUT2D eigenvalue weighted by Crippen LogP contribution is 2.36. The minimum atomic E-state index is -1.01. The van der Waals surface area contributed by atoms with E-state index in [4.69, 9.17) is 9.15 Å². The molecule has 0 radical (unpaired) electrons. The van der Waals surface area contributed by atoms with Crippen molar-refractivity contribution in [3.8, 4) is 28.7 Å². The Hall–Kier alpha value is -3.91. The number of anilines is 1. The number of furan rings is 1. The molecule has 1 aliphatic heterocycles.